The summed E-state index contributed by atoms with van der Waals surface area (Å²) in [5.41, 5.74) is 0. The Hall–Kier alpha value is -1.06. The number of carbonyl (C=O) groups is 2. The van der Waals surface area contributed by atoms with Gasteiger partial charge in [0.25, 0.3) is 0 Å². The Labute approximate surface area is 90.6 Å². The molecule has 0 spiro atoms. The molecule has 1 aliphatic heterocycles. The highest BCUT2D eigenvalue weighted by molar-refractivity contribution is 5.97. The Morgan fingerprint density at radius 1 is 1.27 bits per heavy atom. The highest BCUT2D eigenvalue weighted by Crippen LogP contribution is 2.13. The third-order valence-electron chi connectivity index (χ3n) is 2.68. The van der Waals surface area contributed by atoms with Crippen LogP contribution in [0.1, 0.15) is 33.1 Å². The van der Waals surface area contributed by atoms with Crippen molar-refractivity contribution in [2.45, 2.75) is 33.1 Å². The monoisotopic (exact) mass is 213 g/mol. The number of likely N-dealkylation sites (tertiary alicyclic amines) is 1. The highest BCUT2D eigenvalue weighted by Gasteiger charge is 2.28. The van der Waals surface area contributed by atoms with E-state index in [0.29, 0.717) is 6.61 Å². The maximum atomic E-state index is 11.8. The van der Waals surface area contributed by atoms with E-state index < -0.39 is 11.9 Å². The number of ether oxygens (including phenoxy) is 1. The molecule has 0 saturated carbocycles. The smallest absolute Gasteiger partial charge is 0.318 e. The molecule has 0 aliphatic carbocycles. The van der Waals surface area contributed by atoms with E-state index >= 15 is 0 Å². The van der Waals surface area contributed by atoms with Gasteiger partial charge in [-0.1, -0.05) is 0 Å². The van der Waals surface area contributed by atoms with Gasteiger partial charge in [-0.05, 0) is 33.1 Å². The topological polar surface area (TPSA) is 46.6 Å². The molecule has 0 bridgehead atoms. The van der Waals surface area contributed by atoms with E-state index in [1.807, 2.05) is 0 Å². The molecule has 0 aromatic carbocycles. The van der Waals surface area contributed by atoms with Crippen molar-refractivity contribution in [1.29, 1.82) is 0 Å². The molecule has 1 unspecified atom stereocenters. The van der Waals surface area contributed by atoms with E-state index in [0.717, 1.165) is 25.9 Å². The zero-order valence-corrected chi connectivity index (χ0v) is 9.49. The predicted octanol–water partition coefficient (Wildman–Crippen LogP) is 1.20. The number of rotatable bonds is 3. The molecule has 0 aromatic rings. The van der Waals surface area contributed by atoms with Gasteiger partial charge in [0.15, 0.2) is 0 Å². The van der Waals surface area contributed by atoms with Crippen molar-refractivity contribution in [3.8, 4) is 0 Å². The van der Waals surface area contributed by atoms with Crippen LogP contribution in [0.3, 0.4) is 0 Å². The van der Waals surface area contributed by atoms with Crippen LogP contribution in [0.25, 0.3) is 0 Å². The zero-order valence-electron chi connectivity index (χ0n) is 9.49. The Kier molecular flexibility index (Phi) is 4.59. The molecule has 4 nitrogen and oxygen atoms in total. The Balaban J connectivity index is 2.47. The zero-order chi connectivity index (χ0) is 11.3. The first-order valence-corrected chi connectivity index (χ1v) is 5.62. The van der Waals surface area contributed by atoms with Crippen molar-refractivity contribution in [3.05, 3.63) is 0 Å². The lowest BCUT2D eigenvalue weighted by Gasteiger charge is -2.28. The maximum Gasteiger partial charge on any atom is 0.318 e. The van der Waals surface area contributed by atoms with E-state index in [4.69, 9.17) is 4.74 Å². The van der Waals surface area contributed by atoms with Crippen LogP contribution in [-0.2, 0) is 14.3 Å². The SMILES string of the molecule is CCOC(=O)C(C)C(=O)N1CCCCC1. The average Bonchev–Trinajstić information content (AvgIpc) is 2.28. The van der Waals surface area contributed by atoms with Gasteiger partial charge in [0, 0.05) is 13.1 Å². The van der Waals surface area contributed by atoms with Gasteiger partial charge in [0.1, 0.15) is 5.92 Å². The lowest BCUT2D eigenvalue weighted by molar-refractivity contribution is -0.155. The molecule has 0 N–H and O–H groups in total. The summed E-state index contributed by atoms with van der Waals surface area (Å²) in [6.07, 6.45) is 3.26. The normalized spacial score (nSPS) is 18.4. The molecular weight excluding hydrogens is 194 g/mol. The molecule has 0 aromatic heterocycles. The third-order valence-corrected chi connectivity index (χ3v) is 2.68. The number of hydrogen-bond acceptors (Lipinski definition) is 3. The number of amides is 1. The van der Waals surface area contributed by atoms with Gasteiger partial charge >= 0.3 is 5.97 Å². The molecule has 15 heavy (non-hydrogen) atoms. The van der Waals surface area contributed by atoms with Crippen molar-refractivity contribution < 1.29 is 14.3 Å². The average molecular weight is 213 g/mol. The van der Waals surface area contributed by atoms with Crippen LogP contribution in [0.4, 0.5) is 0 Å². The molecular formula is C11H19NO3. The number of piperidine rings is 1. The summed E-state index contributed by atoms with van der Waals surface area (Å²) in [5, 5.41) is 0. The van der Waals surface area contributed by atoms with Crippen molar-refractivity contribution in [2.24, 2.45) is 5.92 Å². The summed E-state index contributed by atoms with van der Waals surface area (Å²) in [4.78, 5) is 25.0. The van der Waals surface area contributed by atoms with Crippen molar-refractivity contribution >= 4 is 11.9 Å². The summed E-state index contributed by atoms with van der Waals surface area (Å²) in [7, 11) is 0. The van der Waals surface area contributed by atoms with Crippen LogP contribution in [0.15, 0.2) is 0 Å². The predicted molar refractivity (Wildman–Crippen MR) is 56.2 cm³/mol. The second kappa shape index (κ2) is 5.73. The summed E-state index contributed by atoms with van der Waals surface area (Å²) in [6.45, 7) is 5.26. The van der Waals surface area contributed by atoms with Gasteiger partial charge in [-0.3, -0.25) is 9.59 Å². The highest BCUT2D eigenvalue weighted by atomic mass is 16.5. The van der Waals surface area contributed by atoms with E-state index in [-0.39, 0.29) is 5.91 Å². The van der Waals surface area contributed by atoms with Crippen LogP contribution >= 0.6 is 0 Å². The molecule has 1 atom stereocenters. The van der Waals surface area contributed by atoms with E-state index in [1.54, 1.807) is 18.7 Å². The summed E-state index contributed by atoms with van der Waals surface area (Å²) in [5.74, 6) is -1.15. The fourth-order valence-corrected chi connectivity index (χ4v) is 1.76. The van der Waals surface area contributed by atoms with Crippen LogP contribution in [-0.4, -0.2) is 36.5 Å². The molecule has 4 heteroatoms. The van der Waals surface area contributed by atoms with Crippen molar-refractivity contribution in [1.82, 2.24) is 4.90 Å². The van der Waals surface area contributed by atoms with Gasteiger partial charge in [-0.2, -0.15) is 0 Å². The molecule has 1 amide bonds. The minimum Gasteiger partial charge on any atom is -0.465 e. The standard InChI is InChI=1S/C11H19NO3/c1-3-15-11(14)9(2)10(13)12-7-5-4-6-8-12/h9H,3-8H2,1-2H3. The molecule has 1 saturated heterocycles. The van der Waals surface area contributed by atoms with Crippen LogP contribution in [0, 0.1) is 5.92 Å². The second-order valence-corrected chi connectivity index (χ2v) is 3.86. The summed E-state index contributed by atoms with van der Waals surface area (Å²) in [6, 6.07) is 0. The first kappa shape index (κ1) is 12.0. The first-order valence-electron chi connectivity index (χ1n) is 5.62. The Morgan fingerprint density at radius 2 is 1.87 bits per heavy atom. The summed E-state index contributed by atoms with van der Waals surface area (Å²) < 4.78 is 4.83. The number of hydrogen-bond donors (Lipinski definition) is 0. The number of esters is 1. The second-order valence-electron chi connectivity index (χ2n) is 3.86. The van der Waals surface area contributed by atoms with Crippen LogP contribution in [0.2, 0.25) is 0 Å². The fourth-order valence-electron chi connectivity index (χ4n) is 1.76. The quantitative estimate of drug-likeness (QED) is 0.522. The lowest BCUT2D eigenvalue weighted by Crippen LogP contribution is -2.41. The fraction of sp³-hybridized carbons (Fsp3) is 0.818. The van der Waals surface area contributed by atoms with Crippen molar-refractivity contribution in [3.63, 3.8) is 0 Å². The van der Waals surface area contributed by atoms with Gasteiger partial charge in [0.05, 0.1) is 6.61 Å². The molecule has 0 radical (unpaired) electrons. The molecule has 1 heterocycles. The Bertz CT molecular complexity index is 234. The van der Waals surface area contributed by atoms with Crippen LogP contribution in [0.5, 0.6) is 0 Å². The van der Waals surface area contributed by atoms with Crippen molar-refractivity contribution in [2.75, 3.05) is 19.7 Å². The van der Waals surface area contributed by atoms with Gasteiger partial charge in [-0.15, -0.1) is 0 Å². The largest absolute Gasteiger partial charge is 0.465 e. The summed E-state index contributed by atoms with van der Waals surface area (Å²) >= 11 is 0. The van der Waals surface area contributed by atoms with Gasteiger partial charge in [-0.25, -0.2) is 0 Å². The maximum absolute atomic E-state index is 11.8. The van der Waals surface area contributed by atoms with E-state index in [2.05, 4.69) is 0 Å². The number of nitrogens with zero attached hydrogens (tertiary/aromatic N) is 1. The van der Waals surface area contributed by atoms with Crippen LogP contribution < -0.4 is 0 Å². The third kappa shape index (κ3) is 3.22. The van der Waals surface area contributed by atoms with Gasteiger partial charge < -0.3 is 9.64 Å². The minimum atomic E-state index is -0.650. The minimum absolute atomic E-state index is 0.0897. The van der Waals surface area contributed by atoms with Gasteiger partial charge in [0.2, 0.25) is 5.91 Å². The number of carbonyl (C=O) groups excluding carboxylic acids is 2. The molecule has 1 aliphatic rings. The molecule has 1 rings (SSSR count). The first-order chi connectivity index (χ1) is 7.16. The van der Waals surface area contributed by atoms with E-state index in [1.165, 1.54) is 6.42 Å². The molecule has 1 fully saturated rings. The Morgan fingerprint density at radius 3 is 2.40 bits per heavy atom. The lowest BCUT2D eigenvalue weighted by atomic mass is 10.1. The van der Waals surface area contributed by atoms with E-state index in [9.17, 15) is 9.59 Å². The molecule has 86 valence electrons.